The first-order valence-electron chi connectivity index (χ1n) is 9.13. The lowest BCUT2D eigenvalue weighted by Crippen LogP contribution is -2.37. The summed E-state index contributed by atoms with van der Waals surface area (Å²) in [5.74, 6) is 0.122. The highest BCUT2D eigenvalue weighted by molar-refractivity contribution is 5.79. The number of hydrogen-bond donors (Lipinski definition) is 2. The fourth-order valence-electron chi connectivity index (χ4n) is 2.90. The van der Waals surface area contributed by atoms with Gasteiger partial charge in [0.05, 0.1) is 5.56 Å². The summed E-state index contributed by atoms with van der Waals surface area (Å²) in [5.41, 5.74) is -1.13. The maximum Gasteiger partial charge on any atom is 0.435 e. The zero-order valence-electron chi connectivity index (χ0n) is 16.7. The zero-order valence-corrected chi connectivity index (χ0v) is 16.7. The molecule has 0 amide bonds. The maximum absolute atomic E-state index is 13.0. The Kier molecular flexibility index (Phi) is 7.38. The number of aryl methyl sites for hydroxylation is 1. The molecule has 1 atom stereocenters. The van der Waals surface area contributed by atoms with Crippen molar-refractivity contribution in [2.45, 2.75) is 38.2 Å². The Balaban J connectivity index is 1.90. The van der Waals surface area contributed by atoms with Crippen LogP contribution in [0.3, 0.4) is 0 Å². The second kappa shape index (κ2) is 9.40. The van der Waals surface area contributed by atoms with E-state index in [9.17, 15) is 26.3 Å². The molecular formula is C19H23F6N5. The zero-order chi connectivity index (χ0) is 22.5. The van der Waals surface area contributed by atoms with Gasteiger partial charge in [0.1, 0.15) is 0 Å². The minimum atomic E-state index is -4.56. The molecule has 0 saturated carbocycles. The molecule has 0 radical (unpaired) electrons. The molecule has 1 unspecified atom stereocenters. The molecule has 0 aliphatic heterocycles. The Bertz CT molecular complexity index is 869. The second-order valence-corrected chi connectivity index (χ2v) is 6.84. The third-order valence-electron chi connectivity index (χ3n) is 4.50. The van der Waals surface area contributed by atoms with Crippen LogP contribution in [0.1, 0.15) is 41.6 Å². The summed E-state index contributed by atoms with van der Waals surface area (Å²) in [6.45, 7) is 2.04. The molecule has 30 heavy (non-hydrogen) atoms. The van der Waals surface area contributed by atoms with Gasteiger partial charge in [-0.3, -0.25) is 9.67 Å². The van der Waals surface area contributed by atoms with Gasteiger partial charge < -0.3 is 10.6 Å². The maximum atomic E-state index is 13.0. The third-order valence-corrected chi connectivity index (χ3v) is 4.50. The van der Waals surface area contributed by atoms with E-state index < -0.39 is 23.6 Å². The first-order chi connectivity index (χ1) is 13.9. The van der Waals surface area contributed by atoms with Gasteiger partial charge in [-0.15, -0.1) is 0 Å². The normalized spacial score (nSPS) is 14.0. The second-order valence-electron chi connectivity index (χ2n) is 6.84. The number of guanidine groups is 1. The lowest BCUT2D eigenvalue weighted by Gasteiger charge is -2.16. The number of nitrogens with one attached hydrogen (secondary N) is 2. The van der Waals surface area contributed by atoms with Crippen LogP contribution < -0.4 is 10.6 Å². The molecule has 0 fully saturated rings. The lowest BCUT2D eigenvalue weighted by atomic mass is 9.96. The van der Waals surface area contributed by atoms with Crippen LogP contribution in [0.25, 0.3) is 0 Å². The predicted molar refractivity (Wildman–Crippen MR) is 101 cm³/mol. The van der Waals surface area contributed by atoms with Gasteiger partial charge in [0.25, 0.3) is 0 Å². The van der Waals surface area contributed by atoms with Gasteiger partial charge in [-0.25, -0.2) is 0 Å². The number of nitrogens with zero attached hydrogens (tertiary/aromatic N) is 3. The van der Waals surface area contributed by atoms with Crippen molar-refractivity contribution in [3.63, 3.8) is 0 Å². The minimum Gasteiger partial charge on any atom is -0.356 e. The van der Waals surface area contributed by atoms with Crippen LogP contribution in [0.15, 0.2) is 35.5 Å². The molecule has 2 N–H and O–H groups in total. The third kappa shape index (κ3) is 6.39. The van der Waals surface area contributed by atoms with Gasteiger partial charge in [0, 0.05) is 38.9 Å². The van der Waals surface area contributed by atoms with Gasteiger partial charge in [-0.1, -0.05) is 25.1 Å². The Hall–Kier alpha value is -2.72. The number of alkyl halides is 6. The van der Waals surface area contributed by atoms with Crippen LogP contribution >= 0.6 is 0 Å². The molecule has 1 aromatic heterocycles. The van der Waals surface area contributed by atoms with Crippen molar-refractivity contribution in [2.24, 2.45) is 12.0 Å². The van der Waals surface area contributed by atoms with Crippen molar-refractivity contribution >= 4 is 5.96 Å². The summed E-state index contributed by atoms with van der Waals surface area (Å²) in [6.07, 6.45) is -7.18. The molecule has 1 heterocycles. The standard InChI is InChI=1S/C19H23F6N5/c1-12(13-5-4-6-15(9-13)18(20,21)22)7-8-27-17(26-2)28-10-14-11-30(3)29-16(14)19(23,24)25/h4-6,9,11-12H,7-8,10H2,1-3H3,(H2,26,27,28). The van der Waals surface area contributed by atoms with E-state index in [1.54, 1.807) is 13.0 Å². The molecule has 0 saturated heterocycles. The quantitative estimate of drug-likeness (QED) is 0.404. The van der Waals surface area contributed by atoms with E-state index in [0.29, 0.717) is 18.5 Å². The first kappa shape index (κ1) is 23.6. The SMILES string of the molecule is CN=C(NCCC(C)c1cccc(C(F)(F)F)c1)NCc1cn(C)nc1C(F)(F)F. The topological polar surface area (TPSA) is 54.2 Å². The van der Waals surface area contributed by atoms with Gasteiger partial charge in [0.2, 0.25) is 0 Å². The van der Waals surface area contributed by atoms with Crippen LogP contribution in [0.4, 0.5) is 26.3 Å². The van der Waals surface area contributed by atoms with E-state index in [1.807, 2.05) is 0 Å². The average molecular weight is 435 g/mol. The molecule has 0 aliphatic carbocycles. The smallest absolute Gasteiger partial charge is 0.356 e. The van der Waals surface area contributed by atoms with E-state index >= 15 is 0 Å². The van der Waals surface area contributed by atoms with Crippen LogP contribution in [0, 0.1) is 0 Å². The number of benzene rings is 1. The van der Waals surface area contributed by atoms with Crippen molar-refractivity contribution in [2.75, 3.05) is 13.6 Å². The molecule has 2 aromatic rings. The average Bonchev–Trinajstić information content (AvgIpc) is 3.05. The molecule has 11 heteroatoms. The van der Waals surface area contributed by atoms with Crippen LogP contribution in [0.2, 0.25) is 0 Å². The van der Waals surface area contributed by atoms with Crippen molar-refractivity contribution in [3.8, 4) is 0 Å². The summed E-state index contributed by atoms with van der Waals surface area (Å²) in [7, 11) is 2.88. The molecule has 0 spiro atoms. The van der Waals surface area contributed by atoms with Crippen molar-refractivity contribution in [1.29, 1.82) is 0 Å². The highest BCUT2D eigenvalue weighted by atomic mass is 19.4. The number of aromatic nitrogens is 2. The summed E-state index contributed by atoms with van der Waals surface area (Å²) >= 11 is 0. The Morgan fingerprint density at radius 2 is 1.83 bits per heavy atom. The molecular weight excluding hydrogens is 412 g/mol. The summed E-state index contributed by atoms with van der Waals surface area (Å²) < 4.78 is 78.7. The largest absolute Gasteiger partial charge is 0.435 e. The highest BCUT2D eigenvalue weighted by Gasteiger charge is 2.36. The van der Waals surface area contributed by atoms with Crippen LogP contribution in [-0.2, 0) is 25.9 Å². The fraction of sp³-hybridized carbons (Fsp3) is 0.474. The Labute approximate surface area is 170 Å². The number of aliphatic imine (C=N–C) groups is 1. The monoisotopic (exact) mass is 435 g/mol. The first-order valence-corrected chi connectivity index (χ1v) is 9.13. The number of hydrogen-bond acceptors (Lipinski definition) is 2. The van der Waals surface area contributed by atoms with E-state index in [4.69, 9.17) is 0 Å². The van der Waals surface area contributed by atoms with E-state index in [-0.39, 0.29) is 24.0 Å². The molecule has 1 aromatic carbocycles. The summed E-state index contributed by atoms with van der Waals surface area (Å²) in [6, 6.07) is 5.15. The molecule has 2 rings (SSSR count). The lowest BCUT2D eigenvalue weighted by molar-refractivity contribution is -0.142. The Morgan fingerprint density at radius 3 is 2.43 bits per heavy atom. The van der Waals surface area contributed by atoms with Crippen LogP contribution in [0.5, 0.6) is 0 Å². The van der Waals surface area contributed by atoms with Gasteiger partial charge in [0.15, 0.2) is 11.7 Å². The molecule has 0 bridgehead atoms. The Morgan fingerprint density at radius 1 is 1.13 bits per heavy atom. The van der Waals surface area contributed by atoms with Crippen molar-refractivity contribution in [3.05, 3.63) is 52.8 Å². The number of halogens is 6. The highest BCUT2D eigenvalue weighted by Crippen LogP contribution is 2.32. The molecule has 5 nitrogen and oxygen atoms in total. The van der Waals surface area contributed by atoms with Gasteiger partial charge >= 0.3 is 12.4 Å². The summed E-state index contributed by atoms with van der Waals surface area (Å²) in [4.78, 5) is 3.95. The van der Waals surface area contributed by atoms with E-state index in [2.05, 4.69) is 20.7 Å². The number of rotatable bonds is 6. The van der Waals surface area contributed by atoms with Crippen molar-refractivity contribution < 1.29 is 26.3 Å². The minimum absolute atomic E-state index is 0.0229. The van der Waals surface area contributed by atoms with Crippen molar-refractivity contribution in [1.82, 2.24) is 20.4 Å². The fourth-order valence-corrected chi connectivity index (χ4v) is 2.90. The van der Waals surface area contributed by atoms with Crippen LogP contribution in [-0.4, -0.2) is 29.3 Å². The van der Waals surface area contributed by atoms with Gasteiger partial charge in [-0.05, 0) is 24.0 Å². The molecule has 166 valence electrons. The van der Waals surface area contributed by atoms with E-state index in [1.165, 1.54) is 26.4 Å². The summed E-state index contributed by atoms with van der Waals surface area (Å²) in [5, 5.41) is 9.19. The van der Waals surface area contributed by atoms with E-state index in [0.717, 1.165) is 16.8 Å². The molecule has 0 aliphatic rings. The predicted octanol–water partition coefficient (Wildman–Crippen LogP) is 4.32. The van der Waals surface area contributed by atoms with Gasteiger partial charge in [-0.2, -0.15) is 31.4 Å².